The predicted molar refractivity (Wildman–Crippen MR) is 504 cm³/mol. The van der Waals surface area contributed by atoms with E-state index in [0.29, 0.717) is 73.4 Å². The number of carboxylic acids is 2. The van der Waals surface area contributed by atoms with Crippen molar-refractivity contribution in [2.24, 2.45) is 47.0 Å². The van der Waals surface area contributed by atoms with Gasteiger partial charge < -0.3 is 84.9 Å². The monoisotopic (exact) mass is 1880 g/mol. The molecule has 12 amide bonds. The van der Waals surface area contributed by atoms with Crippen molar-refractivity contribution in [3.05, 3.63) is 119 Å². The van der Waals surface area contributed by atoms with E-state index in [1.165, 1.54) is 79.7 Å². The summed E-state index contributed by atoms with van der Waals surface area (Å²) < 4.78 is 0. The Morgan fingerprint density at radius 3 is 1.80 bits per heavy atom. The Kier molecular flexibility index (Phi) is 46.1. The minimum atomic E-state index is -2.08. The van der Waals surface area contributed by atoms with Gasteiger partial charge in [-0.25, -0.2) is 15.6 Å². The molecular formula is C98H143N15O22. The van der Waals surface area contributed by atoms with Crippen molar-refractivity contribution < 1.29 is 106 Å². The molecule has 37 heteroatoms. The summed E-state index contributed by atoms with van der Waals surface area (Å²) in [6, 6.07) is 5.86. The molecular weight excluding hydrogens is 1740 g/mol. The van der Waals surface area contributed by atoms with Gasteiger partial charge in [-0.1, -0.05) is 160 Å². The van der Waals surface area contributed by atoms with Gasteiger partial charge in [0.15, 0.2) is 17.3 Å². The van der Waals surface area contributed by atoms with E-state index in [4.69, 9.17) is 11.5 Å². The Labute approximate surface area is 789 Å². The number of primary amides is 2. The third-order valence-electron chi connectivity index (χ3n) is 24.9. The van der Waals surface area contributed by atoms with Crippen LogP contribution in [0.1, 0.15) is 259 Å². The molecule has 37 nitrogen and oxygen atoms in total. The van der Waals surface area contributed by atoms with Crippen molar-refractivity contribution in [2.75, 3.05) is 0 Å². The van der Waals surface area contributed by atoms with Crippen molar-refractivity contribution in [2.45, 2.75) is 329 Å². The summed E-state index contributed by atoms with van der Waals surface area (Å²) in [5, 5.41) is 58.6. The maximum Gasteiger partial charge on any atom is 0.335 e. The summed E-state index contributed by atoms with van der Waals surface area (Å²) in [5.74, 6) is -21.3. The number of carboxylic acid groups (broad SMARTS) is 2. The number of Topliss-reactive ketones (excluding diaryl/α,β-unsaturated/α-hetero) is 5. The van der Waals surface area contributed by atoms with E-state index in [1.54, 1.807) is 81.6 Å². The number of aromatic amines is 1. The lowest BCUT2D eigenvalue weighted by Crippen LogP contribution is -2.65. The minimum Gasteiger partial charge on any atom is -0.481 e. The van der Waals surface area contributed by atoms with Crippen LogP contribution in [0.2, 0.25) is 0 Å². The lowest BCUT2D eigenvalue weighted by Gasteiger charge is -2.34. The fraction of sp³-hybridized carbons (Fsp3) is 0.582. The SMILES string of the molecule is C.CCC(C)[C@H](NNC(C)C(=O)C(=O)C(C)NC(=O)[C@]1(C)CCC/C=C/CCCCCC[C@@](C)(NC(=O)[C@H](Cc2ccccc2)NC(=O)[C@@H](NC(=O)[C@H](CC(C)C)NC(C)=O)[C@@H](C)O)C(=O)N[C@@H](CCC(=O)O)C(=O)N[C@@H](Cc2ccc(C(=O)O)cc2)C(=O)C[C@@H](Cc2c[nH]c3ccccc23)C(=O)N[C@@H](C)C(=O)N[C@@H](CCC(N)=O)C(=O)C[C@@H](CC2CCC2)C(=O)N1)C(=O)C[C@H](C)C(N)=O. The van der Waals surface area contributed by atoms with Crippen molar-refractivity contribution in [1.29, 1.82) is 0 Å². The molecule has 0 spiro atoms. The number of benzene rings is 3. The lowest BCUT2D eigenvalue weighted by molar-refractivity contribution is -0.141. The van der Waals surface area contributed by atoms with Gasteiger partial charge >= 0.3 is 11.9 Å². The normalized spacial score (nSPS) is 22.6. The number of nitrogens with one attached hydrogen (secondary N) is 13. The second-order valence-electron chi connectivity index (χ2n) is 36.9. The number of aliphatic hydroxyl groups is 1. The van der Waals surface area contributed by atoms with Crippen LogP contribution in [0.4, 0.5) is 0 Å². The number of fused-ring (bicyclic) bond motifs is 1. The van der Waals surface area contributed by atoms with Gasteiger partial charge in [0.25, 0.3) is 0 Å². The standard InChI is InChI=1S/C97H139N15O22.CH4/c1-13-55(4)81(78(117)46-56(5)85(99)123)112-111-58(7)84(122)83(121)57(6)102-94(133)96(11)43-26-19-17-15-14-16-18-20-27-44-97(12,110-91(129)75(49-63-29-22-21-23-30-63)106-92(130)82(60(9)113)108-90(128)74(45-54(2)3)103-61(10)114)95(134)107-72(40-42-80(119)120)89(127)105-73(48-64-35-37-65(38-36-64)93(131)132)77(116)52-67(50-68-53-100-70-34-25-24-33-69(68)70)87(125)101-59(8)86(124)104-71(39-41-79(98)118)76(115)51-66(88(126)109-96)47-62-31-28-32-62;/h15,17,21-25,29-30,33-38,53-60,62,66-67,71-75,81-82,100,111-113H,13-14,16,18-20,26-28,31-32,39-52H2,1-12H3,(H2,98,118)(H2,99,123)(H,101,125)(H,102,133)(H,103,114)(H,104,124)(H,105,127)(H,106,130)(H,107,134)(H,108,128)(H,109,126)(H,110,129)(H,119,120)(H,131,132);1H4/b17-15+;/t55?,56-,57?,58?,59-,60+,66+,67+,71-,72-,73-,74-,75-,81-,82-,96-,97+;/m0./s1. The zero-order valence-electron chi connectivity index (χ0n) is 79.0. The van der Waals surface area contributed by atoms with Crippen molar-refractivity contribution in [3.8, 4) is 0 Å². The van der Waals surface area contributed by atoms with Crippen LogP contribution < -0.4 is 75.5 Å². The molecule has 2 heterocycles. The van der Waals surface area contributed by atoms with E-state index in [2.05, 4.69) is 69.0 Å². The number of aliphatic carboxylic acids is 1. The molecule has 1 fully saturated rings. The molecule has 135 heavy (non-hydrogen) atoms. The summed E-state index contributed by atoms with van der Waals surface area (Å²) in [4.78, 5) is 272. The molecule has 1 aromatic heterocycles. The number of H-pyrrole nitrogens is 1. The van der Waals surface area contributed by atoms with Crippen LogP contribution in [0.15, 0.2) is 97.2 Å². The summed E-state index contributed by atoms with van der Waals surface area (Å²) in [5.41, 5.74) is 14.5. The van der Waals surface area contributed by atoms with E-state index in [-0.39, 0.29) is 106 Å². The predicted octanol–water partition coefficient (Wildman–Crippen LogP) is 5.31. The van der Waals surface area contributed by atoms with E-state index < -0.39 is 240 Å². The fourth-order valence-electron chi connectivity index (χ4n) is 16.2. The first kappa shape index (κ1) is 113. The van der Waals surface area contributed by atoms with Crippen LogP contribution in [-0.2, 0) is 106 Å². The number of allylic oxidation sites excluding steroid dienone is 2. The zero-order valence-corrected chi connectivity index (χ0v) is 79.0. The molecule has 3 unspecified atom stereocenters. The molecule has 4 aromatic rings. The molecule has 17 atom stereocenters. The highest BCUT2D eigenvalue weighted by Crippen LogP contribution is 2.35. The van der Waals surface area contributed by atoms with Gasteiger partial charge in [0, 0.05) is 80.3 Å². The van der Waals surface area contributed by atoms with Crippen LogP contribution in [0.25, 0.3) is 10.9 Å². The largest absolute Gasteiger partial charge is 0.481 e. The van der Waals surface area contributed by atoms with Crippen molar-refractivity contribution in [3.63, 3.8) is 0 Å². The Bertz CT molecular complexity index is 4820. The third-order valence-corrected chi connectivity index (χ3v) is 24.9. The first-order chi connectivity index (χ1) is 63.2. The highest BCUT2D eigenvalue weighted by molar-refractivity contribution is 6.41. The molecule has 0 radical (unpaired) electrons. The number of carbonyl (C=O) groups is 19. The topological polar surface area (TPSA) is 597 Å². The number of nitrogens with two attached hydrogens (primary N) is 2. The smallest absolute Gasteiger partial charge is 0.335 e. The molecule has 2 aliphatic rings. The van der Waals surface area contributed by atoms with Crippen LogP contribution in [0.5, 0.6) is 0 Å². The number of ketones is 5. The first-order valence-corrected chi connectivity index (χ1v) is 46.5. The summed E-state index contributed by atoms with van der Waals surface area (Å²) in [6.07, 6.45) is 4.42. The third kappa shape index (κ3) is 36.5. The fourth-order valence-corrected chi connectivity index (χ4v) is 16.2. The van der Waals surface area contributed by atoms with Gasteiger partial charge in [0.05, 0.1) is 41.9 Å². The summed E-state index contributed by atoms with van der Waals surface area (Å²) in [7, 11) is 0. The molecule has 6 rings (SSSR count). The molecule has 0 saturated heterocycles. The number of para-hydroxylation sites is 1. The number of rotatable bonds is 39. The van der Waals surface area contributed by atoms with Crippen molar-refractivity contribution in [1.82, 2.24) is 69.0 Å². The average molecular weight is 1880 g/mol. The molecule has 20 N–H and O–H groups in total. The molecule has 1 aliphatic carbocycles. The Morgan fingerprint density at radius 2 is 1.19 bits per heavy atom. The number of aliphatic hydroxyl groups excluding tert-OH is 1. The number of amides is 12. The van der Waals surface area contributed by atoms with Gasteiger partial charge in [-0.05, 0) is 171 Å². The van der Waals surface area contributed by atoms with E-state index in [0.717, 1.165) is 6.42 Å². The van der Waals surface area contributed by atoms with E-state index in [1.807, 2.05) is 19.1 Å². The van der Waals surface area contributed by atoms with E-state index >= 15 is 38.4 Å². The molecule has 0 bridgehead atoms. The molecule has 3 aromatic carbocycles. The second-order valence-corrected chi connectivity index (χ2v) is 36.9. The molecule has 742 valence electrons. The minimum absolute atomic E-state index is 0. The van der Waals surface area contributed by atoms with Crippen molar-refractivity contribution >= 4 is 123 Å². The quantitative estimate of drug-likeness (QED) is 0.0153. The van der Waals surface area contributed by atoms with Gasteiger partial charge in [-0.2, -0.15) is 0 Å². The van der Waals surface area contributed by atoms with Gasteiger partial charge in [-0.3, -0.25) is 86.3 Å². The van der Waals surface area contributed by atoms with Crippen LogP contribution in [0, 0.1) is 35.5 Å². The van der Waals surface area contributed by atoms with Gasteiger partial charge in [-0.15, -0.1) is 0 Å². The maximum absolute atomic E-state index is 15.6. The number of hydrogen-bond acceptors (Lipinski definition) is 22. The summed E-state index contributed by atoms with van der Waals surface area (Å²) in [6.45, 7) is 17.9. The van der Waals surface area contributed by atoms with Crippen LogP contribution in [0.3, 0.4) is 0 Å². The highest BCUT2D eigenvalue weighted by Gasteiger charge is 2.45. The average Bonchev–Trinajstić information content (AvgIpc) is 1.52. The zero-order chi connectivity index (χ0) is 99.4. The highest BCUT2D eigenvalue weighted by atomic mass is 16.4. The second kappa shape index (κ2) is 54.9. The number of aromatic nitrogens is 1. The number of hydrazine groups is 1. The maximum atomic E-state index is 15.6. The number of carbonyl (C=O) groups excluding carboxylic acids is 17. The Morgan fingerprint density at radius 1 is 0.578 bits per heavy atom. The van der Waals surface area contributed by atoms with Crippen LogP contribution >= 0.6 is 0 Å². The van der Waals surface area contributed by atoms with Gasteiger partial charge in [0.2, 0.25) is 82.5 Å². The molecule has 1 aliphatic heterocycles. The van der Waals surface area contributed by atoms with E-state index in [9.17, 15) is 68.1 Å². The van der Waals surface area contributed by atoms with Gasteiger partial charge in [0.1, 0.15) is 41.3 Å². The number of aromatic carboxylic acids is 1. The lowest BCUT2D eigenvalue weighted by atomic mass is 9.77. The van der Waals surface area contributed by atoms with Crippen LogP contribution in [-0.4, -0.2) is 210 Å². The Hall–Kier alpha value is -12.3. The summed E-state index contributed by atoms with van der Waals surface area (Å²) >= 11 is 0. The molecule has 1 saturated carbocycles. The number of hydrogen-bond donors (Lipinski definition) is 18. The first-order valence-electron chi connectivity index (χ1n) is 46.5. The Balaban J connectivity index is 0.0000322.